The van der Waals surface area contributed by atoms with Crippen molar-refractivity contribution in [3.8, 4) is 0 Å². The number of carbonyl (C=O) groups excluding carboxylic acids is 1. The molecule has 0 aromatic carbocycles. The van der Waals surface area contributed by atoms with E-state index in [0.29, 0.717) is 5.92 Å². The van der Waals surface area contributed by atoms with Crippen molar-refractivity contribution in [3.63, 3.8) is 0 Å². The van der Waals surface area contributed by atoms with Crippen molar-refractivity contribution in [2.75, 3.05) is 13.6 Å². The van der Waals surface area contributed by atoms with Crippen LogP contribution in [0.2, 0.25) is 0 Å². The molecule has 1 aromatic rings. The Labute approximate surface area is 90.1 Å². The summed E-state index contributed by atoms with van der Waals surface area (Å²) in [5.41, 5.74) is 3.00. The predicted molar refractivity (Wildman–Crippen MR) is 59.0 cm³/mol. The van der Waals surface area contributed by atoms with Crippen molar-refractivity contribution in [1.29, 1.82) is 0 Å². The first kappa shape index (κ1) is 10.1. The van der Waals surface area contributed by atoms with E-state index >= 15 is 0 Å². The third kappa shape index (κ3) is 1.74. The fourth-order valence-electron chi connectivity index (χ4n) is 1.83. The molecule has 3 heteroatoms. The van der Waals surface area contributed by atoms with E-state index < -0.39 is 0 Å². The van der Waals surface area contributed by atoms with Crippen LogP contribution in [0.1, 0.15) is 41.4 Å². The van der Waals surface area contributed by atoms with E-state index in [9.17, 15) is 4.79 Å². The Balaban J connectivity index is 2.43. The molecular weight excluding hydrogens is 188 g/mol. The lowest BCUT2D eigenvalue weighted by Crippen LogP contribution is -2.34. The number of pyridine rings is 1. The highest BCUT2D eigenvalue weighted by Gasteiger charge is 2.22. The normalized spacial score (nSPS) is 15.7. The molecule has 80 valence electrons. The number of hydrogen-bond donors (Lipinski definition) is 0. The lowest BCUT2D eigenvalue weighted by Gasteiger charge is -2.25. The maximum atomic E-state index is 11.8. The molecule has 0 saturated carbocycles. The Morgan fingerprint density at radius 2 is 2.20 bits per heavy atom. The molecule has 0 spiro atoms. The van der Waals surface area contributed by atoms with Gasteiger partial charge in [0.25, 0.3) is 5.91 Å². The van der Waals surface area contributed by atoms with Gasteiger partial charge in [0.1, 0.15) is 0 Å². The van der Waals surface area contributed by atoms with Crippen molar-refractivity contribution in [1.82, 2.24) is 9.88 Å². The average Bonchev–Trinajstić information content (AvgIpc) is 2.23. The third-order valence-corrected chi connectivity index (χ3v) is 2.90. The van der Waals surface area contributed by atoms with Crippen molar-refractivity contribution in [3.05, 3.63) is 29.1 Å². The van der Waals surface area contributed by atoms with Crippen LogP contribution >= 0.6 is 0 Å². The smallest absolute Gasteiger partial charge is 0.255 e. The van der Waals surface area contributed by atoms with Gasteiger partial charge >= 0.3 is 0 Å². The highest BCUT2D eigenvalue weighted by atomic mass is 16.2. The zero-order valence-electron chi connectivity index (χ0n) is 9.45. The molecule has 2 heterocycles. The van der Waals surface area contributed by atoms with Gasteiger partial charge in [-0.25, -0.2) is 0 Å². The summed E-state index contributed by atoms with van der Waals surface area (Å²) in [4.78, 5) is 17.9. The van der Waals surface area contributed by atoms with E-state index in [1.807, 2.05) is 7.05 Å². The maximum absolute atomic E-state index is 11.8. The fourth-order valence-corrected chi connectivity index (χ4v) is 1.83. The van der Waals surface area contributed by atoms with Crippen LogP contribution in [0.25, 0.3) is 0 Å². The van der Waals surface area contributed by atoms with Gasteiger partial charge in [0, 0.05) is 25.5 Å². The van der Waals surface area contributed by atoms with Crippen LogP contribution in [0.5, 0.6) is 0 Å². The van der Waals surface area contributed by atoms with E-state index in [4.69, 9.17) is 0 Å². The summed E-state index contributed by atoms with van der Waals surface area (Å²) in [6.07, 6.45) is 2.67. The summed E-state index contributed by atoms with van der Waals surface area (Å²) in [5.74, 6) is 0.518. The second kappa shape index (κ2) is 3.65. The van der Waals surface area contributed by atoms with Gasteiger partial charge in [-0.3, -0.25) is 9.78 Å². The first-order chi connectivity index (χ1) is 7.09. The van der Waals surface area contributed by atoms with Crippen LogP contribution in [-0.2, 0) is 6.42 Å². The molecule has 1 aliphatic heterocycles. The zero-order chi connectivity index (χ0) is 11.0. The predicted octanol–water partition coefficient (Wildman–Crippen LogP) is 1.83. The minimum absolute atomic E-state index is 0.0963. The second-order valence-electron chi connectivity index (χ2n) is 4.40. The lowest BCUT2D eigenvalue weighted by molar-refractivity contribution is 0.0780. The van der Waals surface area contributed by atoms with Crippen LogP contribution in [0.3, 0.4) is 0 Å². The SMILES string of the molecule is CC(C)c1cc2c(cn1)C(=O)N(C)CC2. The molecule has 0 radical (unpaired) electrons. The van der Waals surface area contributed by atoms with Gasteiger partial charge in [-0.2, -0.15) is 0 Å². The Morgan fingerprint density at radius 3 is 2.87 bits per heavy atom. The largest absolute Gasteiger partial charge is 0.341 e. The third-order valence-electron chi connectivity index (χ3n) is 2.90. The molecule has 0 bridgehead atoms. The van der Waals surface area contributed by atoms with Gasteiger partial charge in [-0.1, -0.05) is 13.8 Å². The Kier molecular flexibility index (Phi) is 2.47. The number of carbonyl (C=O) groups is 1. The van der Waals surface area contributed by atoms with Crippen LogP contribution in [0, 0.1) is 0 Å². The molecule has 0 atom stereocenters. The van der Waals surface area contributed by atoms with Crippen molar-refractivity contribution in [2.24, 2.45) is 0 Å². The molecule has 1 aliphatic rings. The van der Waals surface area contributed by atoms with Crippen molar-refractivity contribution in [2.45, 2.75) is 26.2 Å². The molecule has 2 rings (SSSR count). The number of likely N-dealkylation sites (N-methyl/N-ethyl adjacent to an activating group) is 1. The maximum Gasteiger partial charge on any atom is 0.255 e. The monoisotopic (exact) mass is 204 g/mol. The molecule has 0 N–H and O–H groups in total. The summed E-state index contributed by atoms with van der Waals surface area (Å²) in [5, 5.41) is 0. The van der Waals surface area contributed by atoms with E-state index in [2.05, 4.69) is 24.9 Å². The molecule has 0 unspecified atom stereocenters. The number of nitrogens with zero attached hydrogens (tertiary/aromatic N) is 2. The van der Waals surface area contributed by atoms with Gasteiger partial charge in [0.15, 0.2) is 0 Å². The summed E-state index contributed by atoms with van der Waals surface area (Å²) >= 11 is 0. The summed E-state index contributed by atoms with van der Waals surface area (Å²) in [6.45, 7) is 5.05. The van der Waals surface area contributed by atoms with Crippen molar-refractivity contribution >= 4 is 5.91 Å². The fraction of sp³-hybridized carbons (Fsp3) is 0.500. The second-order valence-corrected chi connectivity index (χ2v) is 4.40. The Hall–Kier alpha value is -1.38. The molecule has 15 heavy (non-hydrogen) atoms. The van der Waals surface area contributed by atoms with Crippen LogP contribution in [-0.4, -0.2) is 29.4 Å². The van der Waals surface area contributed by atoms with Crippen LogP contribution in [0.15, 0.2) is 12.3 Å². The molecule has 3 nitrogen and oxygen atoms in total. The quantitative estimate of drug-likeness (QED) is 0.699. The molecule has 1 aromatic heterocycles. The van der Waals surface area contributed by atoms with Crippen LogP contribution < -0.4 is 0 Å². The molecule has 1 amide bonds. The van der Waals surface area contributed by atoms with Gasteiger partial charge in [0.05, 0.1) is 5.56 Å². The summed E-state index contributed by atoms with van der Waals surface area (Å²) < 4.78 is 0. The molecule has 0 saturated heterocycles. The number of amides is 1. The van der Waals surface area contributed by atoms with E-state index in [1.54, 1.807) is 11.1 Å². The minimum atomic E-state index is 0.0963. The van der Waals surface area contributed by atoms with Gasteiger partial charge in [-0.15, -0.1) is 0 Å². The number of fused-ring (bicyclic) bond motifs is 1. The minimum Gasteiger partial charge on any atom is -0.341 e. The lowest BCUT2D eigenvalue weighted by atomic mass is 9.98. The van der Waals surface area contributed by atoms with Gasteiger partial charge < -0.3 is 4.90 Å². The highest BCUT2D eigenvalue weighted by Crippen LogP contribution is 2.21. The summed E-state index contributed by atoms with van der Waals surface area (Å²) in [6, 6.07) is 2.07. The highest BCUT2D eigenvalue weighted by molar-refractivity contribution is 5.96. The molecular formula is C12H16N2O. The Morgan fingerprint density at radius 1 is 1.47 bits per heavy atom. The van der Waals surface area contributed by atoms with Gasteiger partial charge in [-0.05, 0) is 24.0 Å². The topological polar surface area (TPSA) is 33.2 Å². The first-order valence-corrected chi connectivity index (χ1v) is 5.34. The van der Waals surface area contributed by atoms with Crippen molar-refractivity contribution < 1.29 is 4.79 Å². The van der Waals surface area contributed by atoms with E-state index in [1.165, 1.54) is 0 Å². The summed E-state index contributed by atoms with van der Waals surface area (Å²) in [7, 11) is 1.83. The molecule has 0 fully saturated rings. The number of aromatic nitrogens is 1. The first-order valence-electron chi connectivity index (χ1n) is 5.34. The van der Waals surface area contributed by atoms with E-state index in [0.717, 1.165) is 29.8 Å². The standard InChI is InChI=1S/C12H16N2O/c1-8(2)11-6-9-4-5-14(3)12(15)10(9)7-13-11/h6-8H,4-5H2,1-3H3. The zero-order valence-corrected chi connectivity index (χ0v) is 9.45. The van der Waals surface area contributed by atoms with Gasteiger partial charge in [0.2, 0.25) is 0 Å². The number of rotatable bonds is 1. The number of hydrogen-bond acceptors (Lipinski definition) is 2. The average molecular weight is 204 g/mol. The Bertz CT molecular complexity index is 399. The molecule has 0 aliphatic carbocycles. The van der Waals surface area contributed by atoms with Crippen LogP contribution in [0.4, 0.5) is 0 Å². The van der Waals surface area contributed by atoms with E-state index in [-0.39, 0.29) is 5.91 Å².